The van der Waals surface area contributed by atoms with E-state index < -0.39 is 0 Å². The average molecular weight is 311 g/mol. The molecule has 0 amide bonds. The molecule has 1 aromatic heterocycles. The normalized spacial score (nSPS) is 11.7. The van der Waals surface area contributed by atoms with Gasteiger partial charge in [-0.3, -0.25) is 0 Å². The lowest BCUT2D eigenvalue weighted by molar-refractivity contribution is 0.502. The number of halogens is 1. The molecule has 1 aromatic rings. The molecule has 0 unspecified atom stereocenters. The molecule has 1 heterocycles. The van der Waals surface area contributed by atoms with Crippen LogP contribution in [-0.2, 0) is 5.88 Å². The fourth-order valence-corrected chi connectivity index (χ4v) is 2.82. The van der Waals surface area contributed by atoms with Crippen molar-refractivity contribution < 1.29 is 0 Å². The summed E-state index contributed by atoms with van der Waals surface area (Å²) in [7, 11) is 0. The fraction of sp³-hybridized carbons (Fsp3) is 0.722. The molecule has 2 nitrogen and oxygen atoms in total. The molecule has 0 spiro atoms. The quantitative estimate of drug-likeness (QED) is 0.581. The Morgan fingerprint density at radius 2 is 1.71 bits per heavy atom. The highest BCUT2D eigenvalue weighted by molar-refractivity contribution is 6.17. The second-order valence-electron chi connectivity index (χ2n) is 6.56. The smallest absolute Gasteiger partial charge is 0.129 e. The van der Waals surface area contributed by atoms with Crippen LogP contribution in [0.1, 0.15) is 71.6 Å². The largest absolute Gasteiger partial charge is 0.353 e. The Morgan fingerprint density at radius 3 is 2.14 bits per heavy atom. The van der Waals surface area contributed by atoms with Crippen molar-refractivity contribution >= 4 is 17.4 Å². The number of hydrogen-bond donors (Lipinski definition) is 0. The molecule has 0 N–H and O–H groups in total. The van der Waals surface area contributed by atoms with Gasteiger partial charge in [0.15, 0.2) is 0 Å². The van der Waals surface area contributed by atoms with Gasteiger partial charge in [-0.05, 0) is 42.4 Å². The van der Waals surface area contributed by atoms with Crippen molar-refractivity contribution in [2.45, 2.75) is 72.2 Å². The molecule has 0 atom stereocenters. The van der Waals surface area contributed by atoms with Crippen molar-refractivity contribution in [3.63, 3.8) is 0 Å². The molecule has 0 radical (unpaired) electrons. The molecule has 0 fully saturated rings. The van der Waals surface area contributed by atoms with Crippen LogP contribution >= 0.6 is 11.6 Å². The van der Waals surface area contributed by atoms with E-state index in [4.69, 9.17) is 16.6 Å². The summed E-state index contributed by atoms with van der Waals surface area (Å²) in [6.07, 6.45) is 2.29. The summed E-state index contributed by atoms with van der Waals surface area (Å²) in [6.45, 7) is 14.5. The Bertz CT molecular complexity index is 425. The molecule has 120 valence electrons. The summed E-state index contributed by atoms with van der Waals surface area (Å²) in [5.41, 5.74) is 2.31. The van der Waals surface area contributed by atoms with Crippen LogP contribution in [0.25, 0.3) is 0 Å². The van der Waals surface area contributed by atoms with Crippen molar-refractivity contribution in [1.29, 1.82) is 0 Å². The average Bonchev–Trinajstić information content (AvgIpc) is 2.46. The second-order valence-corrected chi connectivity index (χ2v) is 6.83. The number of rotatable bonds is 8. The highest BCUT2D eigenvalue weighted by Gasteiger charge is 2.19. The molecule has 0 aromatic carbocycles. The van der Waals surface area contributed by atoms with E-state index in [1.54, 1.807) is 0 Å². The first-order valence-corrected chi connectivity index (χ1v) is 8.79. The Labute approximate surface area is 135 Å². The van der Waals surface area contributed by atoms with Gasteiger partial charge < -0.3 is 4.90 Å². The summed E-state index contributed by atoms with van der Waals surface area (Å²) < 4.78 is 0. The lowest BCUT2D eigenvalue weighted by Crippen LogP contribution is -2.38. The maximum atomic E-state index is 6.09. The molecule has 0 saturated carbocycles. The van der Waals surface area contributed by atoms with Gasteiger partial charge in [-0.1, -0.05) is 41.5 Å². The van der Waals surface area contributed by atoms with E-state index in [2.05, 4.69) is 58.6 Å². The third-order valence-electron chi connectivity index (χ3n) is 3.88. The SMILES string of the molecule is CCC(CC)N(CC(C)C)c1cc(CCl)cc(C(C)C)n1. The minimum absolute atomic E-state index is 0.425. The summed E-state index contributed by atoms with van der Waals surface area (Å²) in [5.74, 6) is 2.69. The molecule has 0 bridgehead atoms. The monoisotopic (exact) mass is 310 g/mol. The van der Waals surface area contributed by atoms with Crippen molar-refractivity contribution in [1.82, 2.24) is 4.98 Å². The Hall–Kier alpha value is -0.760. The van der Waals surface area contributed by atoms with Gasteiger partial charge in [0.25, 0.3) is 0 Å². The van der Waals surface area contributed by atoms with E-state index in [9.17, 15) is 0 Å². The van der Waals surface area contributed by atoms with Gasteiger partial charge in [0, 0.05) is 24.2 Å². The van der Waals surface area contributed by atoms with Crippen LogP contribution in [0, 0.1) is 5.92 Å². The number of anilines is 1. The van der Waals surface area contributed by atoms with Gasteiger partial charge in [0.05, 0.1) is 0 Å². The molecular formula is C18H31ClN2. The molecule has 21 heavy (non-hydrogen) atoms. The number of nitrogens with zero attached hydrogens (tertiary/aromatic N) is 2. The van der Waals surface area contributed by atoms with Crippen molar-refractivity contribution in [3.05, 3.63) is 23.4 Å². The van der Waals surface area contributed by atoms with E-state index in [1.807, 2.05) is 0 Å². The Balaban J connectivity index is 3.24. The topological polar surface area (TPSA) is 16.1 Å². The lowest BCUT2D eigenvalue weighted by atomic mass is 10.1. The zero-order valence-corrected chi connectivity index (χ0v) is 15.2. The summed E-state index contributed by atoms with van der Waals surface area (Å²) in [4.78, 5) is 7.40. The van der Waals surface area contributed by atoms with Crippen LogP contribution in [-0.4, -0.2) is 17.6 Å². The minimum atomic E-state index is 0.425. The van der Waals surface area contributed by atoms with Crippen LogP contribution in [0.5, 0.6) is 0 Å². The maximum Gasteiger partial charge on any atom is 0.129 e. The molecule has 0 aliphatic heterocycles. The van der Waals surface area contributed by atoms with Crippen molar-refractivity contribution in [2.24, 2.45) is 5.92 Å². The highest BCUT2D eigenvalue weighted by atomic mass is 35.5. The van der Waals surface area contributed by atoms with Gasteiger partial charge in [-0.2, -0.15) is 0 Å². The molecule has 3 heteroatoms. The van der Waals surface area contributed by atoms with Crippen LogP contribution in [0.4, 0.5) is 5.82 Å². The predicted molar refractivity (Wildman–Crippen MR) is 94.4 cm³/mol. The number of alkyl halides is 1. The maximum absolute atomic E-state index is 6.09. The fourth-order valence-electron chi connectivity index (χ4n) is 2.67. The van der Waals surface area contributed by atoms with E-state index >= 15 is 0 Å². The Kier molecular flexibility index (Phi) is 7.51. The van der Waals surface area contributed by atoms with Gasteiger partial charge >= 0.3 is 0 Å². The van der Waals surface area contributed by atoms with Crippen molar-refractivity contribution in [3.8, 4) is 0 Å². The first kappa shape index (κ1) is 18.3. The first-order valence-electron chi connectivity index (χ1n) is 8.26. The minimum Gasteiger partial charge on any atom is -0.353 e. The van der Waals surface area contributed by atoms with Crippen molar-refractivity contribution in [2.75, 3.05) is 11.4 Å². The molecular weight excluding hydrogens is 280 g/mol. The third kappa shape index (κ3) is 5.18. The van der Waals surface area contributed by atoms with Crippen LogP contribution in [0.15, 0.2) is 12.1 Å². The zero-order chi connectivity index (χ0) is 16.0. The first-order chi connectivity index (χ1) is 9.92. The van der Waals surface area contributed by atoms with Gasteiger partial charge in [-0.15, -0.1) is 11.6 Å². The van der Waals surface area contributed by atoms with Crippen LogP contribution in [0.3, 0.4) is 0 Å². The number of hydrogen-bond acceptors (Lipinski definition) is 2. The number of aromatic nitrogens is 1. The molecule has 1 rings (SSSR count). The molecule has 0 aliphatic rings. The van der Waals surface area contributed by atoms with E-state index in [-0.39, 0.29) is 0 Å². The van der Waals surface area contributed by atoms with Gasteiger partial charge in [0.1, 0.15) is 5.82 Å². The molecule has 0 aliphatic carbocycles. The highest BCUT2D eigenvalue weighted by Crippen LogP contribution is 2.25. The third-order valence-corrected chi connectivity index (χ3v) is 4.19. The van der Waals surface area contributed by atoms with E-state index in [0.717, 1.165) is 30.9 Å². The van der Waals surface area contributed by atoms with Gasteiger partial charge in [0.2, 0.25) is 0 Å². The standard InChI is InChI=1S/C18H31ClN2/c1-7-16(8-2)21(12-13(3)4)18-10-15(11-19)9-17(20-18)14(5)6/h9-10,13-14,16H,7-8,11-12H2,1-6H3. The predicted octanol–water partition coefficient (Wildman–Crippen LogP) is 5.59. The summed E-state index contributed by atoms with van der Waals surface area (Å²) in [6, 6.07) is 4.85. The summed E-state index contributed by atoms with van der Waals surface area (Å²) in [5, 5.41) is 0. The van der Waals surface area contributed by atoms with Gasteiger partial charge in [-0.25, -0.2) is 4.98 Å². The summed E-state index contributed by atoms with van der Waals surface area (Å²) >= 11 is 6.09. The second kappa shape index (κ2) is 8.63. The van der Waals surface area contributed by atoms with E-state index in [0.29, 0.717) is 23.8 Å². The lowest BCUT2D eigenvalue weighted by Gasteiger charge is -2.34. The van der Waals surface area contributed by atoms with E-state index in [1.165, 1.54) is 5.56 Å². The van der Waals surface area contributed by atoms with Crippen LogP contribution in [0.2, 0.25) is 0 Å². The number of pyridine rings is 1. The zero-order valence-electron chi connectivity index (χ0n) is 14.5. The Morgan fingerprint density at radius 1 is 1.10 bits per heavy atom. The van der Waals surface area contributed by atoms with Crippen LogP contribution < -0.4 is 4.90 Å². The molecule has 0 saturated heterocycles.